The van der Waals surface area contributed by atoms with Crippen molar-refractivity contribution in [1.82, 2.24) is 9.88 Å². The number of hydrogen-bond acceptors (Lipinski definition) is 5. The van der Waals surface area contributed by atoms with Crippen molar-refractivity contribution in [2.45, 2.75) is 25.7 Å². The highest BCUT2D eigenvalue weighted by molar-refractivity contribution is 7.98. The molecule has 0 radical (unpaired) electrons. The number of nitrogens with zero attached hydrogens (tertiary/aromatic N) is 3. The Morgan fingerprint density at radius 3 is 2.53 bits per heavy atom. The van der Waals surface area contributed by atoms with E-state index in [1.54, 1.807) is 16.7 Å². The first-order valence-corrected chi connectivity index (χ1v) is 12.1. The highest BCUT2D eigenvalue weighted by atomic mass is 35.5. The first-order chi connectivity index (χ1) is 14.0. The molecule has 1 heterocycles. The molecule has 0 N–H and O–H groups in total. The lowest BCUT2D eigenvalue weighted by Gasteiger charge is -2.25. The standard InChI is InChI=1S/C22H26ClN3OS2.ClH/c1-5-25(6-2)12-13-26(21(27)16-8-7-9-17(14-16)28-4)22-24-19-15(3)10-11-18(23)20(19)29-22;/h7-11,14H,5-6,12-13H2,1-4H3;1H. The molecule has 0 aliphatic rings. The van der Waals surface area contributed by atoms with E-state index in [1.807, 2.05) is 49.6 Å². The Hall–Kier alpha value is -1.31. The van der Waals surface area contributed by atoms with E-state index < -0.39 is 0 Å². The number of anilines is 1. The summed E-state index contributed by atoms with van der Waals surface area (Å²) < 4.78 is 0.931. The van der Waals surface area contributed by atoms with Crippen molar-refractivity contribution in [3.63, 3.8) is 0 Å². The maximum Gasteiger partial charge on any atom is 0.260 e. The van der Waals surface area contributed by atoms with Crippen LogP contribution in [0.1, 0.15) is 29.8 Å². The van der Waals surface area contributed by atoms with Gasteiger partial charge in [0.15, 0.2) is 5.13 Å². The van der Waals surface area contributed by atoms with Crippen LogP contribution < -0.4 is 4.90 Å². The maximum atomic E-state index is 13.5. The van der Waals surface area contributed by atoms with Crippen molar-refractivity contribution >= 4 is 68.4 Å². The highest BCUT2D eigenvalue weighted by Crippen LogP contribution is 2.36. The van der Waals surface area contributed by atoms with Gasteiger partial charge in [-0.25, -0.2) is 4.98 Å². The van der Waals surface area contributed by atoms with Gasteiger partial charge in [-0.05, 0) is 56.1 Å². The Labute approximate surface area is 198 Å². The zero-order valence-corrected chi connectivity index (χ0v) is 20.9. The van der Waals surface area contributed by atoms with Gasteiger partial charge in [0.05, 0.1) is 15.2 Å². The number of halogens is 2. The van der Waals surface area contributed by atoms with E-state index in [1.165, 1.54) is 11.3 Å². The van der Waals surface area contributed by atoms with Crippen molar-refractivity contribution in [2.24, 2.45) is 0 Å². The minimum atomic E-state index is -0.0270. The summed E-state index contributed by atoms with van der Waals surface area (Å²) in [6, 6.07) is 11.6. The van der Waals surface area contributed by atoms with E-state index in [4.69, 9.17) is 16.6 Å². The average Bonchev–Trinajstić information content (AvgIpc) is 3.20. The first-order valence-electron chi connectivity index (χ1n) is 9.72. The Balaban J connectivity index is 0.00000320. The lowest BCUT2D eigenvalue weighted by atomic mass is 10.2. The van der Waals surface area contributed by atoms with Crippen LogP contribution in [0.15, 0.2) is 41.3 Å². The Morgan fingerprint density at radius 2 is 1.90 bits per heavy atom. The maximum absolute atomic E-state index is 13.5. The summed E-state index contributed by atoms with van der Waals surface area (Å²) in [6.07, 6.45) is 2.01. The largest absolute Gasteiger partial charge is 0.302 e. The van der Waals surface area contributed by atoms with Gasteiger partial charge in [-0.2, -0.15) is 0 Å². The minimum absolute atomic E-state index is 0. The number of carbonyl (C=O) groups excluding carboxylic acids is 1. The van der Waals surface area contributed by atoms with Crippen LogP contribution in [0.25, 0.3) is 10.2 Å². The van der Waals surface area contributed by atoms with E-state index in [0.717, 1.165) is 40.3 Å². The second-order valence-electron chi connectivity index (χ2n) is 6.75. The van der Waals surface area contributed by atoms with Crippen LogP contribution in [0.2, 0.25) is 5.02 Å². The molecule has 0 spiro atoms. The summed E-state index contributed by atoms with van der Waals surface area (Å²) in [5, 5.41) is 1.37. The number of rotatable bonds is 8. The lowest BCUT2D eigenvalue weighted by Crippen LogP contribution is -2.38. The molecule has 0 bridgehead atoms. The molecule has 2 aromatic carbocycles. The SMILES string of the molecule is CCN(CC)CCN(C(=O)c1cccc(SC)c1)c1nc2c(C)ccc(Cl)c2s1.Cl. The third-order valence-corrected chi connectivity index (χ3v) is 7.28. The van der Waals surface area contributed by atoms with Gasteiger partial charge in [0.2, 0.25) is 0 Å². The van der Waals surface area contributed by atoms with Crippen LogP contribution in [0.3, 0.4) is 0 Å². The lowest BCUT2D eigenvalue weighted by molar-refractivity contribution is 0.0983. The van der Waals surface area contributed by atoms with Crippen molar-refractivity contribution in [3.05, 3.63) is 52.5 Å². The fourth-order valence-electron chi connectivity index (χ4n) is 3.18. The number of aryl methyl sites for hydroxylation is 1. The monoisotopic (exact) mass is 483 g/mol. The number of thiazole rings is 1. The molecule has 0 atom stereocenters. The summed E-state index contributed by atoms with van der Waals surface area (Å²) in [5.74, 6) is -0.0270. The van der Waals surface area contributed by atoms with Gasteiger partial charge in [-0.3, -0.25) is 9.69 Å². The molecular weight excluding hydrogens is 457 g/mol. The summed E-state index contributed by atoms with van der Waals surface area (Å²) >= 11 is 9.53. The molecular formula is C22H27Cl2N3OS2. The van der Waals surface area contributed by atoms with Gasteiger partial charge >= 0.3 is 0 Å². The molecule has 0 aliphatic heterocycles. The molecule has 0 aliphatic carbocycles. The van der Waals surface area contributed by atoms with Crippen LogP contribution >= 0.6 is 47.1 Å². The van der Waals surface area contributed by atoms with Crippen molar-refractivity contribution < 1.29 is 4.79 Å². The van der Waals surface area contributed by atoms with Crippen LogP contribution in [-0.4, -0.2) is 48.2 Å². The molecule has 0 saturated heterocycles. The predicted molar refractivity (Wildman–Crippen MR) is 134 cm³/mol. The van der Waals surface area contributed by atoms with Crippen molar-refractivity contribution in [3.8, 4) is 0 Å². The quantitative estimate of drug-likeness (QED) is 0.347. The zero-order chi connectivity index (χ0) is 21.0. The Kier molecular flexibility index (Phi) is 9.44. The molecule has 0 fully saturated rings. The molecule has 8 heteroatoms. The fraction of sp³-hybridized carbons (Fsp3) is 0.364. The number of amides is 1. The fourth-order valence-corrected chi connectivity index (χ4v) is 4.98. The summed E-state index contributed by atoms with van der Waals surface area (Å²) in [6.45, 7) is 9.57. The number of fused-ring (bicyclic) bond motifs is 1. The highest BCUT2D eigenvalue weighted by Gasteiger charge is 2.23. The molecule has 3 rings (SSSR count). The van der Waals surface area contributed by atoms with Gasteiger partial charge in [-0.1, -0.05) is 48.9 Å². The summed E-state index contributed by atoms with van der Waals surface area (Å²) in [5.41, 5.74) is 2.61. The van der Waals surface area contributed by atoms with Crippen LogP contribution in [-0.2, 0) is 0 Å². The van der Waals surface area contributed by atoms with E-state index in [9.17, 15) is 4.79 Å². The molecule has 1 aromatic heterocycles. The minimum Gasteiger partial charge on any atom is -0.302 e. The molecule has 0 unspecified atom stereocenters. The number of aromatic nitrogens is 1. The number of likely N-dealkylation sites (N-methyl/N-ethyl adjacent to an activating group) is 1. The molecule has 162 valence electrons. The number of thioether (sulfide) groups is 1. The van der Waals surface area contributed by atoms with Gasteiger partial charge in [0.1, 0.15) is 0 Å². The Bertz CT molecular complexity index is 966. The smallest absolute Gasteiger partial charge is 0.260 e. The van der Waals surface area contributed by atoms with Gasteiger partial charge in [0.25, 0.3) is 5.91 Å². The Morgan fingerprint density at radius 1 is 1.17 bits per heavy atom. The molecule has 30 heavy (non-hydrogen) atoms. The average molecular weight is 485 g/mol. The molecule has 1 amide bonds. The predicted octanol–water partition coefficient (Wildman–Crippen LogP) is 6.39. The number of benzene rings is 2. The van der Waals surface area contributed by atoms with Crippen molar-refractivity contribution in [2.75, 3.05) is 37.3 Å². The summed E-state index contributed by atoms with van der Waals surface area (Å²) in [7, 11) is 0. The topological polar surface area (TPSA) is 36.4 Å². The second-order valence-corrected chi connectivity index (χ2v) is 9.02. The molecule has 4 nitrogen and oxygen atoms in total. The van der Waals surface area contributed by atoms with Gasteiger partial charge in [-0.15, -0.1) is 24.2 Å². The molecule has 3 aromatic rings. The first kappa shape index (κ1) is 25.0. The number of hydrogen-bond donors (Lipinski definition) is 0. The third-order valence-electron chi connectivity index (χ3n) is 5.01. The van der Waals surface area contributed by atoms with Crippen LogP contribution in [0.5, 0.6) is 0 Å². The van der Waals surface area contributed by atoms with Crippen LogP contribution in [0.4, 0.5) is 5.13 Å². The normalized spacial score (nSPS) is 11.0. The van der Waals surface area contributed by atoms with Gasteiger partial charge < -0.3 is 4.90 Å². The van der Waals surface area contributed by atoms with Gasteiger partial charge in [0, 0.05) is 23.5 Å². The third kappa shape index (κ3) is 5.48. The van der Waals surface area contributed by atoms with E-state index in [0.29, 0.717) is 22.3 Å². The zero-order valence-electron chi connectivity index (χ0n) is 17.6. The number of carbonyl (C=O) groups is 1. The van der Waals surface area contributed by atoms with E-state index >= 15 is 0 Å². The second kappa shape index (κ2) is 11.3. The van der Waals surface area contributed by atoms with E-state index in [2.05, 4.69) is 18.7 Å². The van der Waals surface area contributed by atoms with Crippen molar-refractivity contribution in [1.29, 1.82) is 0 Å². The van der Waals surface area contributed by atoms with E-state index in [-0.39, 0.29) is 18.3 Å². The summed E-state index contributed by atoms with van der Waals surface area (Å²) in [4.78, 5) is 23.5. The van der Waals surface area contributed by atoms with Crippen LogP contribution in [0, 0.1) is 6.92 Å². The molecule has 0 saturated carbocycles.